The van der Waals surface area contributed by atoms with Gasteiger partial charge in [0.1, 0.15) is 16.5 Å². The molecule has 0 saturated carbocycles. The number of amides is 3. The third kappa shape index (κ3) is 10.2. The number of fused-ring (bicyclic) bond motifs is 1. The summed E-state index contributed by atoms with van der Waals surface area (Å²) in [4.78, 5) is 50.7. The topological polar surface area (TPSA) is 132 Å². The van der Waals surface area contributed by atoms with Gasteiger partial charge in [0.2, 0.25) is 0 Å². The Labute approximate surface area is 325 Å². The van der Waals surface area contributed by atoms with Crippen molar-refractivity contribution >= 4 is 74.6 Å². The predicted octanol–water partition coefficient (Wildman–Crippen LogP) is 8.60. The summed E-state index contributed by atoms with van der Waals surface area (Å²) >= 11 is 15.2. The standard InChI is InChI=1S/C26H25ClN2O5S.C13H12ClNO2S/c1-33-20-12-7-15(13-19(20)27)14-28-24(31)22-18-5-3-4-6-21(18)35-25(22)29-23(30)16-8-10-17(11-9-16)26(32)34-2;1-17-12-3-2-9(6-11(12)14)7-15-13(16)10-4-5-18-8-10/h7-13H,3-6,14H2,1-2H3,(H,28,31)(H,29,30);2-6,8H,7H2,1H3,(H,15,16). The molecule has 0 unspecified atom stereocenters. The molecule has 3 N–H and O–H groups in total. The van der Waals surface area contributed by atoms with E-state index in [0.717, 1.165) is 47.3 Å². The summed E-state index contributed by atoms with van der Waals surface area (Å²) in [6, 6.07) is 18.8. The molecule has 1 aliphatic rings. The number of hydrogen-bond donors (Lipinski definition) is 3. The molecule has 2 heterocycles. The quantitative estimate of drug-likeness (QED) is 0.114. The average molecular weight is 795 g/mol. The fraction of sp³-hybridized carbons (Fsp3) is 0.231. The molecule has 0 aliphatic heterocycles. The number of ether oxygens (including phenoxy) is 3. The smallest absolute Gasteiger partial charge is 0.337 e. The maximum absolute atomic E-state index is 13.3. The van der Waals surface area contributed by atoms with Crippen molar-refractivity contribution < 1.29 is 33.4 Å². The Bertz CT molecular complexity index is 2080. The highest BCUT2D eigenvalue weighted by Gasteiger charge is 2.26. The Kier molecular flexibility index (Phi) is 13.9. The van der Waals surface area contributed by atoms with Crippen molar-refractivity contribution in [2.24, 2.45) is 0 Å². The minimum Gasteiger partial charge on any atom is -0.495 e. The highest BCUT2D eigenvalue weighted by molar-refractivity contribution is 7.17. The Morgan fingerprint density at radius 3 is 1.83 bits per heavy atom. The van der Waals surface area contributed by atoms with Gasteiger partial charge in [-0.05, 0) is 102 Å². The first kappa shape index (κ1) is 39.3. The van der Waals surface area contributed by atoms with Crippen LogP contribution in [0.5, 0.6) is 11.5 Å². The molecule has 5 aromatic rings. The Balaban J connectivity index is 0.000000252. The van der Waals surface area contributed by atoms with Crippen LogP contribution in [0.25, 0.3) is 0 Å². The number of methoxy groups -OCH3 is 3. The van der Waals surface area contributed by atoms with Crippen molar-refractivity contribution in [3.8, 4) is 11.5 Å². The molecule has 6 rings (SSSR count). The van der Waals surface area contributed by atoms with E-state index in [0.29, 0.717) is 55.3 Å². The lowest BCUT2D eigenvalue weighted by Crippen LogP contribution is -2.25. The number of anilines is 1. The van der Waals surface area contributed by atoms with E-state index in [1.807, 2.05) is 22.9 Å². The van der Waals surface area contributed by atoms with Gasteiger partial charge in [0.25, 0.3) is 17.7 Å². The van der Waals surface area contributed by atoms with Crippen LogP contribution in [0.1, 0.15) is 75.8 Å². The number of nitrogens with one attached hydrogen (secondary N) is 3. The van der Waals surface area contributed by atoms with Crippen LogP contribution in [0.3, 0.4) is 0 Å². The van der Waals surface area contributed by atoms with E-state index >= 15 is 0 Å². The van der Waals surface area contributed by atoms with E-state index < -0.39 is 5.97 Å². The van der Waals surface area contributed by atoms with Crippen LogP contribution in [-0.4, -0.2) is 45.0 Å². The lowest BCUT2D eigenvalue weighted by atomic mass is 9.95. The second-order valence-corrected chi connectivity index (χ2v) is 14.5. The second kappa shape index (κ2) is 18.7. The number of hydrogen-bond acceptors (Lipinski definition) is 9. The molecule has 14 heteroatoms. The summed E-state index contributed by atoms with van der Waals surface area (Å²) in [6.45, 7) is 0.730. The van der Waals surface area contributed by atoms with Gasteiger partial charge < -0.3 is 30.2 Å². The first-order valence-corrected chi connectivity index (χ1v) is 19.0. The molecule has 0 spiro atoms. The van der Waals surface area contributed by atoms with Crippen LogP contribution >= 0.6 is 45.9 Å². The van der Waals surface area contributed by atoms with Crippen molar-refractivity contribution in [1.29, 1.82) is 0 Å². The number of rotatable bonds is 11. The van der Waals surface area contributed by atoms with E-state index in [9.17, 15) is 19.2 Å². The van der Waals surface area contributed by atoms with Crippen LogP contribution in [0, 0.1) is 0 Å². The molecule has 276 valence electrons. The van der Waals surface area contributed by atoms with Gasteiger partial charge in [-0.15, -0.1) is 11.3 Å². The maximum atomic E-state index is 13.3. The van der Waals surface area contributed by atoms with Gasteiger partial charge >= 0.3 is 5.97 Å². The molecule has 0 radical (unpaired) electrons. The summed E-state index contributed by atoms with van der Waals surface area (Å²) in [7, 11) is 4.42. The molecule has 0 atom stereocenters. The molecule has 1 aliphatic carbocycles. The summed E-state index contributed by atoms with van der Waals surface area (Å²) in [5, 5.41) is 13.9. The van der Waals surface area contributed by atoms with Crippen LogP contribution in [0.15, 0.2) is 77.5 Å². The molecule has 2 aromatic heterocycles. The van der Waals surface area contributed by atoms with Crippen molar-refractivity contribution in [2.75, 3.05) is 26.6 Å². The lowest BCUT2D eigenvalue weighted by Gasteiger charge is -2.14. The molecule has 10 nitrogen and oxygen atoms in total. The van der Waals surface area contributed by atoms with Gasteiger partial charge in [-0.2, -0.15) is 11.3 Å². The van der Waals surface area contributed by atoms with Crippen molar-refractivity contribution in [1.82, 2.24) is 10.6 Å². The van der Waals surface area contributed by atoms with Gasteiger partial charge in [0, 0.05) is 34.5 Å². The van der Waals surface area contributed by atoms with Gasteiger partial charge in [-0.25, -0.2) is 4.79 Å². The molecule has 0 fully saturated rings. The molecule has 3 amide bonds. The summed E-state index contributed by atoms with van der Waals surface area (Å²) in [5.41, 5.74) is 4.71. The van der Waals surface area contributed by atoms with Crippen LogP contribution < -0.4 is 25.4 Å². The number of aryl methyl sites for hydroxylation is 1. The normalized spacial score (nSPS) is 11.6. The van der Waals surface area contributed by atoms with Crippen molar-refractivity contribution in [3.05, 3.63) is 131 Å². The number of esters is 1. The number of carbonyl (C=O) groups is 4. The fourth-order valence-corrected chi connectivity index (χ4v) is 8.01. The molecule has 53 heavy (non-hydrogen) atoms. The predicted molar refractivity (Wildman–Crippen MR) is 209 cm³/mol. The fourth-order valence-electron chi connectivity index (χ4n) is 5.53. The summed E-state index contributed by atoms with van der Waals surface area (Å²) in [5.74, 6) is 0.0507. The Morgan fingerprint density at radius 1 is 0.698 bits per heavy atom. The number of benzene rings is 3. The third-order valence-corrected chi connectivity index (χ3v) is 10.8. The van der Waals surface area contributed by atoms with Gasteiger partial charge in [0.15, 0.2) is 0 Å². The Morgan fingerprint density at radius 2 is 1.28 bits per heavy atom. The van der Waals surface area contributed by atoms with Gasteiger partial charge in [-0.3, -0.25) is 14.4 Å². The molecule has 0 bridgehead atoms. The second-order valence-electron chi connectivity index (χ2n) is 11.8. The zero-order valence-electron chi connectivity index (χ0n) is 29.2. The van der Waals surface area contributed by atoms with Crippen LogP contribution in [0.4, 0.5) is 5.00 Å². The van der Waals surface area contributed by atoms with Crippen molar-refractivity contribution in [2.45, 2.75) is 38.8 Å². The highest BCUT2D eigenvalue weighted by atomic mass is 35.5. The lowest BCUT2D eigenvalue weighted by molar-refractivity contribution is 0.0600. The van der Waals surface area contributed by atoms with Gasteiger partial charge in [0.05, 0.1) is 42.5 Å². The van der Waals surface area contributed by atoms with E-state index in [1.165, 1.54) is 41.9 Å². The zero-order valence-corrected chi connectivity index (χ0v) is 32.3. The van der Waals surface area contributed by atoms with E-state index in [-0.39, 0.29) is 24.3 Å². The van der Waals surface area contributed by atoms with E-state index in [1.54, 1.807) is 56.7 Å². The monoisotopic (exact) mass is 793 g/mol. The summed E-state index contributed by atoms with van der Waals surface area (Å²) in [6.07, 6.45) is 3.74. The Hall–Kier alpha value is -4.88. The number of halogens is 2. The maximum Gasteiger partial charge on any atom is 0.337 e. The SMILES string of the molecule is COC(=O)c1ccc(C(=O)Nc2sc3c(c2C(=O)NCc2ccc(OC)c(Cl)c2)CCCC3)cc1.COc1ccc(CNC(=O)c2ccsc2)cc1Cl. The van der Waals surface area contributed by atoms with Crippen molar-refractivity contribution in [3.63, 3.8) is 0 Å². The first-order chi connectivity index (χ1) is 25.6. The van der Waals surface area contributed by atoms with Gasteiger partial charge in [-0.1, -0.05) is 35.3 Å². The van der Waals surface area contributed by atoms with Crippen LogP contribution in [0.2, 0.25) is 10.0 Å². The first-order valence-electron chi connectivity index (χ1n) is 16.5. The molecular formula is C39H37Cl2N3O7S2. The minimum absolute atomic E-state index is 0.0804. The number of carbonyl (C=O) groups excluding carboxylic acids is 4. The average Bonchev–Trinajstić information content (AvgIpc) is 3.85. The molecule has 0 saturated heterocycles. The van der Waals surface area contributed by atoms with E-state index in [4.69, 9.17) is 37.4 Å². The molecule has 3 aromatic carbocycles. The minimum atomic E-state index is -0.472. The summed E-state index contributed by atoms with van der Waals surface area (Å²) < 4.78 is 14.9. The molecular weight excluding hydrogens is 757 g/mol. The number of thiophene rings is 2. The van der Waals surface area contributed by atoms with E-state index in [2.05, 4.69) is 16.0 Å². The largest absolute Gasteiger partial charge is 0.495 e. The van der Waals surface area contributed by atoms with Crippen LogP contribution in [-0.2, 0) is 30.7 Å². The highest BCUT2D eigenvalue weighted by Crippen LogP contribution is 2.38. The third-order valence-electron chi connectivity index (χ3n) is 8.32. The zero-order chi connectivity index (χ0) is 37.9.